The highest BCUT2D eigenvalue weighted by atomic mass is 19.3. The van der Waals surface area contributed by atoms with Crippen molar-refractivity contribution in [2.24, 2.45) is 5.92 Å². The highest BCUT2D eigenvalue weighted by Gasteiger charge is 2.40. The molecule has 1 heterocycles. The number of carbonyl (C=O) groups excluding carboxylic acids is 2. The SMILES string of the molecule is C=C(/C=C\C(=C/C)C(F)(F)C(=C)C)[C@H]1OC(=O)C[C@@H]1C(=O)CCCCCc1ccc(CC)cc1. The van der Waals surface area contributed by atoms with E-state index in [0.29, 0.717) is 12.0 Å². The van der Waals surface area contributed by atoms with Gasteiger partial charge in [0, 0.05) is 12.0 Å². The predicted molar refractivity (Wildman–Crippen MR) is 133 cm³/mol. The van der Waals surface area contributed by atoms with Gasteiger partial charge in [-0.05, 0) is 61.8 Å². The van der Waals surface area contributed by atoms with Crippen molar-refractivity contribution in [1.29, 1.82) is 0 Å². The van der Waals surface area contributed by atoms with Gasteiger partial charge in [0.25, 0.3) is 5.92 Å². The van der Waals surface area contributed by atoms with E-state index in [2.05, 4.69) is 44.3 Å². The number of benzene rings is 1. The van der Waals surface area contributed by atoms with Crippen LogP contribution in [0.2, 0.25) is 0 Å². The van der Waals surface area contributed by atoms with Gasteiger partial charge in [0.2, 0.25) is 0 Å². The van der Waals surface area contributed by atoms with Gasteiger partial charge in [-0.25, -0.2) is 0 Å². The summed E-state index contributed by atoms with van der Waals surface area (Å²) in [4.78, 5) is 24.7. The van der Waals surface area contributed by atoms with E-state index in [9.17, 15) is 18.4 Å². The summed E-state index contributed by atoms with van der Waals surface area (Å²) in [6, 6.07) is 8.61. The monoisotopic (exact) mass is 470 g/mol. The summed E-state index contributed by atoms with van der Waals surface area (Å²) in [6.45, 7) is 12.1. The van der Waals surface area contributed by atoms with Crippen LogP contribution in [0.4, 0.5) is 8.78 Å². The predicted octanol–water partition coefficient (Wildman–Crippen LogP) is 7.12. The standard InChI is InChI=1S/C29H36F2O3/c1-6-22-14-16-23(17-15-22)11-9-8-10-12-26(32)25-19-27(33)34-28(25)21(5)13-18-24(7-2)29(30,31)20(3)4/h7,13-18,25,28H,3,5-6,8-12,19H2,1-2,4H3/b18-13-,24-7+/t25-,28-/m1/s1. The lowest BCUT2D eigenvalue weighted by Crippen LogP contribution is -2.25. The molecular formula is C29H36F2O3. The number of aryl methyl sites for hydroxylation is 2. The van der Waals surface area contributed by atoms with Crippen molar-refractivity contribution in [3.8, 4) is 0 Å². The molecular weight excluding hydrogens is 434 g/mol. The Morgan fingerprint density at radius 3 is 2.35 bits per heavy atom. The van der Waals surface area contributed by atoms with Crippen molar-refractivity contribution >= 4 is 11.8 Å². The number of cyclic esters (lactones) is 1. The smallest absolute Gasteiger partial charge is 0.307 e. The normalized spacial score (nSPS) is 18.9. The molecule has 2 atom stereocenters. The van der Waals surface area contributed by atoms with Crippen LogP contribution in [-0.2, 0) is 27.2 Å². The Kier molecular flexibility index (Phi) is 10.2. The lowest BCUT2D eigenvalue weighted by molar-refractivity contribution is -0.140. The summed E-state index contributed by atoms with van der Waals surface area (Å²) in [6.07, 6.45) is 8.12. The van der Waals surface area contributed by atoms with Crippen molar-refractivity contribution < 1.29 is 23.1 Å². The molecule has 2 rings (SSSR count). The highest BCUT2D eigenvalue weighted by molar-refractivity contribution is 5.89. The van der Waals surface area contributed by atoms with Crippen LogP contribution >= 0.6 is 0 Å². The maximum Gasteiger partial charge on any atom is 0.307 e. The van der Waals surface area contributed by atoms with Gasteiger partial charge in [0.05, 0.1) is 12.3 Å². The summed E-state index contributed by atoms with van der Waals surface area (Å²) in [5, 5.41) is 0. The van der Waals surface area contributed by atoms with E-state index in [-0.39, 0.29) is 23.4 Å². The van der Waals surface area contributed by atoms with E-state index in [4.69, 9.17) is 4.74 Å². The maximum atomic E-state index is 14.3. The quantitative estimate of drug-likeness (QED) is 0.133. The number of allylic oxidation sites excluding steroid dienone is 4. The fourth-order valence-corrected chi connectivity index (χ4v) is 4.03. The summed E-state index contributed by atoms with van der Waals surface area (Å²) >= 11 is 0. The van der Waals surface area contributed by atoms with Crippen LogP contribution in [0.3, 0.4) is 0 Å². The molecule has 0 aromatic heterocycles. The van der Waals surface area contributed by atoms with E-state index in [1.807, 2.05) is 0 Å². The molecule has 0 aliphatic carbocycles. The summed E-state index contributed by atoms with van der Waals surface area (Å²) in [7, 11) is 0. The molecule has 0 bridgehead atoms. The number of hydrogen-bond acceptors (Lipinski definition) is 3. The molecule has 5 heteroatoms. The molecule has 184 valence electrons. The number of esters is 1. The van der Waals surface area contributed by atoms with Crippen molar-refractivity contribution in [3.63, 3.8) is 0 Å². The first-order valence-electron chi connectivity index (χ1n) is 12.0. The maximum absolute atomic E-state index is 14.3. The number of unbranched alkanes of at least 4 members (excludes halogenated alkanes) is 2. The fourth-order valence-electron chi connectivity index (χ4n) is 4.03. The number of halogens is 2. The Labute approximate surface area is 202 Å². The number of Topliss-reactive ketones (excluding diaryl/α,β-unsaturated/α-hetero) is 1. The third-order valence-electron chi connectivity index (χ3n) is 6.30. The molecule has 1 aliphatic heterocycles. The average molecular weight is 471 g/mol. The van der Waals surface area contributed by atoms with Gasteiger partial charge in [-0.2, -0.15) is 8.78 Å². The Hall–Kier alpha value is -2.82. The molecule has 3 nitrogen and oxygen atoms in total. The van der Waals surface area contributed by atoms with Crippen LogP contribution in [0.15, 0.2) is 72.4 Å². The summed E-state index contributed by atoms with van der Waals surface area (Å²) < 4.78 is 33.8. The number of alkyl halides is 2. The molecule has 0 saturated carbocycles. The summed E-state index contributed by atoms with van der Waals surface area (Å²) in [5.74, 6) is -4.31. The van der Waals surface area contributed by atoms with Crippen molar-refractivity contribution in [3.05, 3.63) is 83.5 Å². The van der Waals surface area contributed by atoms with Gasteiger partial charge in [0.15, 0.2) is 0 Å². The molecule has 1 aromatic carbocycles. The Bertz CT molecular complexity index is 954. The number of hydrogen-bond donors (Lipinski definition) is 0. The molecule has 1 saturated heterocycles. The average Bonchev–Trinajstić information content (AvgIpc) is 3.21. The molecule has 1 aromatic rings. The topological polar surface area (TPSA) is 43.4 Å². The van der Waals surface area contributed by atoms with Gasteiger partial charge in [-0.3, -0.25) is 9.59 Å². The Balaban J connectivity index is 1.88. The fraction of sp³-hybridized carbons (Fsp3) is 0.448. The van der Waals surface area contributed by atoms with Crippen molar-refractivity contribution in [2.45, 2.75) is 77.7 Å². The second-order valence-corrected chi connectivity index (χ2v) is 8.93. The molecule has 1 aliphatic rings. The third-order valence-corrected chi connectivity index (χ3v) is 6.30. The van der Waals surface area contributed by atoms with Gasteiger partial charge >= 0.3 is 5.97 Å². The zero-order valence-corrected chi connectivity index (χ0v) is 20.5. The van der Waals surface area contributed by atoms with E-state index in [1.165, 1.54) is 43.2 Å². The molecule has 0 radical (unpaired) electrons. The number of ether oxygens (including phenoxy) is 1. The lowest BCUT2D eigenvalue weighted by Gasteiger charge is -2.19. The van der Waals surface area contributed by atoms with Gasteiger partial charge < -0.3 is 4.74 Å². The second kappa shape index (κ2) is 12.6. The first-order chi connectivity index (χ1) is 16.1. The number of rotatable bonds is 13. The highest BCUT2D eigenvalue weighted by Crippen LogP contribution is 2.34. The van der Waals surface area contributed by atoms with Crippen LogP contribution < -0.4 is 0 Å². The molecule has 0 unspecified atom stereocenters. The molecule has 0 amide bonds. The molecule has 0 N–H and O–H groups in total. The van der Waals surface area contributed by atoms with Crippen LogP contribution in [0.25, 0.3) is 0 Å². The van der Waals surface area contributed by atoms with Crippen LogP contribution in [0, 0.1) is 5.92 Å². The van der Waals surface area contributed by atoms with Crippen molar-refractivity contribution in [1.82, 2.24) is 0 Å². The van der Waals surface area contributed by atoms with E-state index in [1.54, 1.807) is 0 Å². The first-order valence-corrected chi connectivity index (χ1v) is 12.0. The van der Waals surface area contributed by atoms with Crippen LogP contribution in [-0.4, -0.2) is 23.8 Å². The third kappa shape index (κ3) is 7.34. The first kappa shape index (κ1) is 27.4. The van der Waals surface area contributed by atoms with Crippen LogP contribution in [0.5, 0.6) is 0 Å². The number of ketones is 1. The largest absolute Gasteiger partial charge is 0.457 e. The molecule has 1 fully saturated rings. The van der Waals surface area contributed by atoms with Crippen LogP contribution in [0.1, 0.15) is 64.0 Å². The number of carbonyl (C=O) groups is 2. The minimum atomic E-state index is -3.18. The zero-order chi connectivity index (χ0) is 25.3. The Morgan fingerprint density at radius 2 is 1.76 bits per heavy atom. The van der Waals surface area contributed by atoms with E-state index in [0.717, 1.165) is 32.1 Å². The minimum Gasteiger partial charge on any atom is -0.457 e. The zero-order valence-electron chi connectivity index (χ0n) is 20.5. The molecule has 0 spiro atoms. The van der Waals surface area contributed by atoms with Gasteiger partial charge in [-0.1, -0.05) is 69.0 Å². The van der Waals surface area contributed by atoms with Gasteiger partial charge in [0.1, 0.15) is 11.9 Å². The van der Waals surface area contributed by atoms with Crippen molar-refractivity contribution in [2.75, 3.05) is 0 Å². The van der Waals surface area contributed by atoms with E-state index < -0.39 is 23.9 Å². The minimum absolute atomic E-state index is 0.00145. The molecule has 34 heavy (non-hydrogen) atoms. The summed E-state index contributed by atoms with van der Waals surface area (Å²) in [5.41, 5.74) is 2.45. The second-order valence-electron chi connectivity index (χ2n) is 8.93. The Morgan fingerprint density at radius 1 is 1.12 bits per heavy atom. The lowest BCUT2D eigenvalue weighted by atomic mass is 9.88. The van der Waals surface area contributed by atoms with E-state index >= 15 is 0 Å². The van der Waals surface area contributed by atoms with Gasteiger partial charge in [-0.15, -0.1) is 0 Å².